The molecule has 2 heterocycles. The lowest BCUT2D eigenvalue weighted by Gasteiger charge is -2.11. The molecule has 5 nitrogen and oxygen atoms in total. The van der Waals surface area contributed by atoms with Gasteiger partial charge in [-0.1, -0.05) is 23.7 Å². The normalized spacial score (nSPS) is 14.8. The number of hydrogen-bond acceptors (Lipinski definition) is 3. The average Bonchev–Trinajstić information content (AvgIpc) is 2.97. The Morgan fingerprint density at radius 2 is 2.25 bits per heavy atom. The third-order valence-electron chi connectivity index (χ3n) is 3.11. The fourth-order valence-electron chi connectivity index (χ4n) is 2.13. The molecule has 0 fully saturated rings. The van der Waals surface area contributed by atoms with Gasteiger partial charge >= 0.3 is 0 Å². The lowest BCUT2D eigenvalue weighted by Crippen LogP contribution is -2.19. The Balaban J connectivity index is 1.80. The standard InChI is InChI=1S/C14H13ClN4O/c1-18-9-11(7-16-18)13-6-14(20)19(17-13)8-10-3-2-4-12(15)5-10/h2-5,7,9H,6,8H2,1H3. The Labute approximate surface area is 121 Å². The van der Waals surface area contributed by atoms with Crippen LogP contribution in [-0.4, -0.2) is 26.4 Å². The summed E-state index contributed by atoms with van der Waals surface area (Å²) in [5, 5.41) is 10.6. The maximum absolute atomic E-state index is 12.0. The van der Waals surface area contributed by atoms with E-state index < -0.39 is 0 Å². The van der Waals surface area contributed by atoms with Gasteiger partial charge in [-0.3, -0.25) is 9.48 Å². The van der Waals surface area contributed by atoms with E-state index in [1.54, 1.807) is 16.9 Å². The maximum atomic E-state index is 12.0. The van der Waals surface area contributed by atoms with Gasteiger partial charge < -0.3 is 0 Å². The topological polar surface area (TPSA) is 50.5 Å². The Hall–Kier alpha value is -2.14. The summed E-state index contributed by atoms with van der Waals surface area (Å²) >= 11 is 5.94. The number of aromatic nitrogens is 2. The minimum absolute atomic E-state index is 0.0103. The SMILES string of the molecule is Cn1cc(C2=NN(Cc3cccc(Cl)c3)C(=O)C2)cn1. The van der Waals surface area contributed by atoms with Crippen LogP contribution in [0.2, 0.25) is 5.02 Å². The fraction of sp³-hybridized carbons (Fsp3) is 0.214. The molecule has 0 spiro atoms. The molecule has 0 aliphatic carbocycles. The summed E-state index contributed by atoms with van der Waals surface area (Å²) in [6.07, 6.45) is 3.89. The second-order valence-electron chi connectivity index (χ2n) is 4.71. The van der Waals surface area contributed by atoms with Crippen molar-refractivity contribution in [2.75, 3.05) is 0 Å². The van der Waals surface area contributed by atoms with Gasteiger partial charge in [-0.15, -0.1) is 0 Å². The van der Waals surface area contributed by atoms with Gasteiger partial charge in [0.25, 0.3) is 0 Å². The highest BCUT2D eigenvalue weighted by Gasteiger charge is 2.25. The molecule has 0 atom stereocenters. The third-order valence-corrected chi connectivity index (χ3v) is 3.34. The highest BCUT2D eigenvalue weighted by atomic mass is 35.5. The van der Waals surface area contributed by atoms with Crippen LogP contribution in [0.1, 0.15) is 17.5 Å². The molecule has 1 aromatic heterocycles. The van der Waals surface area contributed by atoms with E-state index in [1.165, 1.54) is 5.01 Å². The number of nitrogens with zero attached hydrogens (tertiary/aromatic N) is 4. The van der Waals surface area contributed by atoms with E-state index in [-0.39, 0.29) is 5.91 Å². The number of rotatable bonds is 3. The number of halogens is 1. The monoisotopic (exact) mass is 288 g/mol. The third kappa shape index (κ3) is 2.58. The lowest BCUT2D eigenvalue weighted by molar-refractivity contribution is -0.129. The molecule has 0 unspecified atom stereocenters. The molecule has 20 heavy (non-hydrogen) atoms. The molecule has 0 saturated carbocycles. The van der Waals surface area contributed by atoms with E-state index in [2.05, 4.69) is 10.2 Å². The number of amides is 1. The summed E-state index contributed by atoms with van der Waals surface area (Å²) in [5.41, 5.74) is 2.60. The van der Waals surface area contributed by atoms with E-state index in [4.69, 9.17) is 11.6 Å². The molecule has 1 aromatic carbocycles. The van der Waals surface area contributed by atoms with Gasteiger partial charge in [-0.05, 0) is 17.7 Å². The number of carbonyl (C=O) groups is 1. The van der Waals surface area contributed by atoms with Crippen molar-refractivity contribution >= 4 is 23.2 Å². The van der Waals surface area contributed by atoms with Crippen LogP contribution in [0.25, 0.3) is 0 Å². The van der Waals surface area contributed by atoms with Crippen LogP contribution < -0.4 is 0 Å². The van der Waals surface area contributed by atoms with Crippen molar-refractivity contribution in [2.45, 2.75) is 13.0 Å². The fourth-order valence-corrected chi connectivity index (χ4v) is 2.35. The largest absolute Gasteiger partial charge is 0.275 e. The Morgan fingerprint density at radius 1 is 1.40 bits per heavy atom. The molecule has 1 amide bonds. The van der Waals surface area contributed by atoms with E-state index in [0.717, 1.165) is 16.8 Å². The van der Waals surface area contributed by atoms with Crippen LogP contribution in [0, 0.1) is 0 Å². The van der Waals surface area contributed by atoms with Gasteiger partial charge in [0.1, 0.15) is 0 Å². The van der Waals surface area contributed by atoms with Crippen molar-refractivity contribution in [3.05, 3.63) is 52.8 Å². The van der Waals surface area contributed by atoms with Crippen molar-refractivity contribution in [1.82, 2.24) is 14.8 Å². The van der Waals surface area contributed by atoms with Gasteiger partial charge in [0.2, 0.25) is 5.91 Å². The number of aryl methyl sites for hydroxylation is 1. The van der Waals surface area contributed by atoms with Gasteiger partial charge in [0.05, 0.1) is 24.9 Å². The Kier molecular flexibility index (Phi) is 3.28. The first-order chi connectivity index (χ1) is 9.61. The van der Waals surface area contributed by atoms with E-state index >= 15 is 0 Å². The minimum atomic E-state index is -0.0103. The number of carbonyl (C=O) groups excluding carboxylic acids is 1. The lowest BCUT2D eigenvalue weighted by atomic mass is 10.1. The van der Waals surface area contributed by atoms with Gasteiger partial charge in [-0.25, -0.2) is 5.01 Å². The summed E-state index contributed by atoms with van der Waals surface area (Å²) < 4.78 is 1.70. The summed E-state index contributed by atoms with van der Waals surface area (Å²) in [6, 6.07) is 7.44. The molecule has 1 aliphatic heterocycles. The van der Waals surface area contributed by atoms with Crippen LogP contribution in [-0.2, 0) is 18.4 Å². The van der Waals surface area contributed by atoms with Crippen molar-refractivity contribution in [1.29, 1.82) is 0 Å². The van der Waals surface area contributed by atoms with Crippen molar-refractivity contribution in [2.24, 2.45) is 12.1 Å². The van der Waals surface area contributed by atoms with E-state index in [0.29, 0.717) is 18.0 Å². The second kappa shape index (κ2) is 5.09. The zero-order valence-corrected chi connectivity index (χ0v) is 11.7. The van der Waals surface area contributed by atoms with Crippen LogP contribution in [0.5, 0.6) is 0 Å². The molecule has 6 heteroatoms. The summed E-state index contributed by atoms with van der Waals surface area (Å²) in [7, 11) is 1.84. The smallest absolute Gasteiger partial charge is 0.249 e. The molecule has 2 aromatic rings. The summed E-state index contributed by atoms with van der Waals surface area (Å²) in [4.78, 5) is 12.0. The molecule has 3 rings (SSSR count). The second-order valence-corrected chi connectivity index (χ2v) is 5.14. The zero-order valence-electron chi connectivity index (χ0n) is 11.0. The number of hydrazone groups is 1. The number of benzene rings is 1. The number of hydrogen-bond donors (Lipinski definition) is 0. The van der Waals surface area contributed by atoms with Gasteiger partial charge in [0.15, 0.2) is 0 Å². The molecule has 0 saturated heterocycles. The van der Waals surface area contributed by atoms with E-state index in [1.807, 2.05) is 31.4 Å². The Bertz CT molecular complexity index is 692. The molecule has 0 N–H and O–H groups in total. The average molecular weight is 289 g/mol. The van der Waals surface area contributed by atoms with Crippen LogP contribution in [0.15, 0.2) is 41.8 Å². The molecule has 0 radical (unpaired) electrons. The van der Waals surface area contributed by atoms with Crippen LogP contribution in [0.3, 0.4) is 0 Å². The molecule has 1 aliphatic rings. The summed E-state index contributed by atoms with van der Waals surface area (Å²) in [6.45, 7) is 0.434. The first kappa shape index (κ1) is 12.9. The quantitative estimate of drug-likeness (QED) is 0.869. The predicted molar refractivity (Wildman–Crippen MR) is 76.4 cm³/mol. The molecular formula is C14H13ClN4O. The van der Waals surface area contributed by atoms with Crippen molar-refractivity contribution < 1.29 is 4.79 Å². The maximum Gasteiger partial charge on any atom is 0.249 e. The first-order valence-electron chi connectivity index (χ1n) is 6.23. The predicted octanol–water partition coefficient (Wildman–Crippen LogP) is 2.21. The first-order valence-corrected chi connectivity index (χ1v) is 6.61. The molecule has 0 bridgehead atoms. The highest BCUT2D eigenvalue weighted by molar-refractivity contribution is 6.30. The van der Waals surface area contributed by atoms with Crippen molar-refractivity contribution in [3.8, 4) is 0 Å². The summed E-state index contributed by atoms with van der Waals surface area (Å²) in [5.74, 6) is -0.0103. The highest BCUT2D eigenvalue weighted by Crippen LogP contribution is 2.19. The van der Waals surface area contributed by atoms with Crippen molar-refractivity contribution in [3.63, 3.8) is 0 Å². The zero-order chi connectivity index (χ0) is 14.1. The van der Waals surface area contributed by atoms with Gasteiger partial charge in [-0.2, -0.15) is 10.2 Å². The Morgan fingerprint density at radius 3 is 2.95 bits per heavy atom. The van der Waals surface area contributed by atoms with Crippen LogP contribution in [0.4, 0.5) is 0 Å². The van der Waals surface area contributed by atoms with E-state index in [9.17, 15) is 4.79 Å². The molecule has 102 valence electrons. The van der Waals surface area contributed by atoms with Gasteiger partial charge in [0, 0.05) is 23.8 Å². The van der Waals surface area contributed by atoms with Crippen LogP contribution >= 0.6 is 11.6 Å². The molecular weight excluding hydrogens is 276 g/mol. The minimum Gasteiger partial charge on any atom is -0.275 e.